The number of ether oxygens (including phenoxy) is 3. The highest BCUT2D eigenvalue weighted by atomic mass is 17.2. The Bertz CT molecular complexity index is 2030. The lowest BCUT2D eigenvalue weighted by atomic mass is 9.84. The molecule has 0 aromatic heterocycles. The second kappa shape index (κ2) is 15.8. The van der Waals surface area contributed by atoms with Gasteiger partial charge in [0, 0.05) is 16.7 Å². The summed E-state index contributed by atoms with van der Waals surface area (Å²) in [6.45, 7) is 28.6. The van der Waals surface area contributed by atoms with Crippen LogP contribution in [0.15, 0.2) is 66.7 Å². The van der Waals surface area contributed by atoms with Gasteiger partial charge in [-0.2, -0.15) is 0 Å². The van der Waals surface area contributed by atoms with Crippen LogP contribution in [0.2, 0.25) is 0 Å². The van der Waals surface area contributed by atoms with E-state index in [2.05, 4.69) is 106 Å². The Labute approximate surface area is 311 Å². The van der Waals surface area contributed by atoms with Gasteiger partial charge < -0.3 is 14.2 Å². The Morgan fingerprint density at radius 2 is 0.769 bits per heavy atom. The Kier molecular flexibility index (Phi) is 11.6. The minimum absolute atomic E-state index is 0.126. The molecule has 0 saturated heterocycles. The molecule has 274 valence electrons. The van der Waals surface area contributed by atoms with Gasteiger partial charge in [0.15, 0.2) is 11.5 Å². The van der Waals surface area contributed by atoms with Crippen LogP contribution >= 0.6 is 0 Å². The summed E-state index contributed by atoms with van der Waals surface area (Å²) < 4.78 is 20.4. The number of rotatable bonds is 12. The molecule has 0 N–H and O–H groups in total. The molecular formula is C47H56O5. The molecule has 0 aliphatic rings. The maximum Gasteiger partial charge on any atom is 0.406 e. The van der Waals surface area contributed by atoms with Crippen LogP contribution in [0.25, 0.3) is 11.1 Å². The van der Waals surface area contributed by atoms with E-state index in [1.165, 1.54) is 5.56 Å². The average molecular weight is 701 g/mol. The fraction of sp³-hybridized carbons (Fsp3) is 0.362. The molecule has 0 saturated carbocycles. The van der Waals surface area contributed by atoms with Crippen molar-refractivity contribution in [2.75, 3.05) is 0 Å². The molecule has 0 atom stereocenters. The lowest BCUT2D eigenvalue weighted by molar-refractivity contribution is -0.141. The Morgan fingerprint density at radius 3 is 1.17 bits per heavy atom. The average Bonchev–Trinajstić information content (AvgIpc) is 3.06. The summed E-state index contributed by atoms with van der Waals surface area (Å²) in [5, 5.41) is 0. The molecule has 5 rings (SSSR count). The third kappa shape index (κ3) is 8.25. The first-order valence-corrected chi connectivity index (χ1v) is 18.4. The van der Waals surface area contributed by atoms with Crippen molar-refractivity contribution < 1.29 is 24.0 Å². The number of benzene rings is 5. The van der Waals surface area contributed by atoms with Gasteiger partial charge in [0.25, 0.3) is 0 Å². The summed E-state index contributed by atoms with van der Waals surface area (Å²) in [6, 6.07) is 22.8. The van der Waals surface area contributed by atoms with Crippen molar-refractivity contribution in [3.8, 4) is 39.9 Å². The van der Waals surface area contributed by atoms with E-state index in [9.17, 15) is 0 Å². The summed E-state index contributed by atoms with van der Waals surface area (Å²) in [5.41, 5.74) is 14.9. The lowest BCUT2D eigenvalue weighted by Crippen LogP contribution is -2.32. The van der Waals surface area contributed by atoms with Gasteiger partial charge in [0.05, 0.1) is 0 Å². The topological polar surface area (TPSA) is 46.2 Å². The van der Waals surface area contributed by atoms with E-state index in [1.807, 2.05) is 57.2 Å². The van der Waals surface area contributed by atoms with Crippen molar-refractivity contribution in [3.63, 3.8) is 0 Å². The second-order valence-corrected chi connectivity index (χ2v) is 15.1. The highest BCUT2D eigenvalue weighted by molar-refractivity contribution is 5.85. The Hall–Kier alpha value is -4.90. The van der Waals surface area contributed by atoms with Crippen molar-refractivity contribution in [1.82, 2.24) is 0 Å². The third-order valence-corrected chi connectivity index (χ3v) is 10.0. The molecule has 0 radical (unpaired) electrons. The van der Waals surface area contributed by atoms with E-state index in [0.29, 0.717) is 28.7 Å². The fourth-order valence-electron chi connectivity index (χ4n) is 6.73. The predicted molar refractivity (Wildman–Crippen MR) is 214 cm³/mol. The SMILES string of the molecule is Cc1ccc(OOc2c(C(C)C)cc(C)c(C)c2-c2c(C)c(C)cc(C(C)C)c2OC(Oc2ccc(C)cc2C)Oc2ccc(C)cc2C)c(C)c1. The molecule has 0 heterocycles. The van der Waals surface area contributed by atoms with Gasteiger partial charge in [-0.1, -0.05) is 92.9 Å². The lowest BCUT2D eigenvalue weighted by Gasteiger charge is -2.29. The van der Waals surface area contributed by atoms with Crippen LogP contribution in [0.1, 0.15) is 106 Å². The summed E-state index contributed by atoms with van der Waals surface area (Å²) in [5.74, 6) is 3.71. The summed E-state index contributed by atoms with van der Waals surface area (Å²) in [4.78, 5) is 12.7. The quantitative estimate of drug-likeness (QED) is 0.0736. The van der Waals surface area contributed by atoms with Crippen molar-refractivity contribution in [1.29, 1.82) is 0 Å². The molecule has 0 unspecified atom stereocenters. The molecule has 5 aromatic carbocycles. The van der Waals surface area contributed by atoms with E-state index in [-0.39, 0.29) is 11.8 Å². The third-order valence-electron chi connectivity index (χ3n) is 10.0. The normalized spacial score (nSPS) is 11.4. The van der Waals surface area contributed by atoms with E-state index in [0.717, 1.165) is 72.3 Å². The molecule has 0 aliphatic heterocycles. The van der Waals surface area contributed by atoms with Gasteiger partial charge in [-0.25, -0.2) is 0 Å². The summed E-state index contributed by atoms with van der Waals surface area (Å²) in [6.07, 6.45) is 0. The van der Waals surface area contributed by atoms with Crippen molar-refractivity contribution in [2.45, 2.75) is 115 Å². The van der Waals surface area contributed by atoms with Gasteiger partial charge >= 0.3 is 6.48 Å². The van der Waals surface area contributed by atoms with Crippen LogP contribution in [-0.4, -0.2) is 6.48 Å². The highest BCUT2D eigenvalue weighted by Crippen LogP contribution is 2.49. The molecule has 5 aromatic rings. The van der Waals surface area contributed by atoms with Crippen molar-refractivity contribution >= 4 is 0 Å². The molecule has 52 heavy (non-hydrogen) atoms. The summed E-state index contributed by atoms with van der Waals surface area (Å²) >= 11 is 0. The minimum Gasteiger partial charge on any atom is -0.423 e. The van der Waals surface area contributed by atoms with Gasteiger partial charge in [0.1, 0.15) is 17.2 Å². The fourth-order valence-corrected chi connectivity index (χ4v) is 6.73. The van der Waals surface area contributed by atoms with Gasteiger partial charge in [-0.05, 0) is 144 Å². The molecule has 0 spiro atoms. The van der Waals surface area contributed by atoms with E-state index in [4.69, 9.17) is 24.0 Å². The molecular weight excluding hydrogens is 645 g/mol. The summed E-state index contributed by atoms with van der Waals surface area (Å²) in [7, 11) is 0. The van der Waals surface area contributed by atoms with E-state index < -0.39 is 6.48 Å². The zero-order valence-corrected chi connectivity index (χ0v) is 33.6. The molecule has 0 fully saturated rings. The van der Waals surface area contributed by atoms with Crippen LogP contribution in [0, 0.1) is 69.2 Å². The number of hydrogen-bond acceptors (Lipinski definition) is 5. The standard InChI is InChI=1S/C47H56O5/c1-26(2)38-24-31(8)36(13)43(44-37(14)32(9)25-39(27(3)4)46(44)52-51-42-20-17-30(7)23-35(42)12)45(38)50-47(48-40-18-15-28(5)21-33(40)10)49-41-19-16-29(6)22-34(41)11/h15-27,47H,1-14H3. The van der Waals surface area contributed by atoms with Gasteiger partial charge in [-0.3, -0.25) is 9.78 Å². The number of aryl methyl sites for hydroxylation is 8. The van der Waals surface area contributed by atoms with Gasteiger partial charge in [0.2, 0.25) is 0 Å². The molecule has 0 aliphatic carbocycles. The molecule has 0 amide bonds. The molecule has 5 nitrogen and oxygen atoms in total. The van der Waals surface area contributed by atoms with Crippen LogP contribution in [0.4, 0.5) is 0 Å². The molecule has 5 heteroatoms. The van der Waals surface area contributed by atoms with Crippen molar-refractivity contribution in [3.05, 3.63) is 133 Å². The van der Waals surface area contributed by atoms with Crippen LogP contribution in [-0.2, 0) is 0 Å². The maximum atomic E-state index is 7.11. The smallest absolute Gasteiger partial charge is 0.406 e. The van der Waals surface area contributed by atoms with Crippen molar-refractivity contribution in [2.24, 2.45) is 0 Å². The van der Waals surface area contributed by atoms with Crippen LogP contribution in [0.3, 0.4) is 0 Å². The predicted octanol–water partition coefficient (Wildman–Crippen LogP) is 12.9. The highest BCUT2D eigenvalue weighted by Gasteiger charge is 2.30. The van der Waals surface area contributed by atoms with Crippen LogP contribution < -0.4 is 24.0 Å². The first-order chi connectivity index (χ1) is 24.5. The first kappa shape index (κ1) is 38.3. The van der Waals surface area contributed by atoms with E-state index >= 15 is 0 Å². The van der Waals surface area contributed by atoms with Gasteiger partial charge in [-0.15, -0.1) is 0 Å². The van der Waals surface area contributed by atoms with Crippen LogP contribution in [0.5, 0.6) is 28.7 Å². The van der Waals surface area contributed by atoms with E-state index in [1.54, 1.807) is 0 Å². The molecule has 0 bridgehead atoms. The largest absolute Gasteiger partial charge is 0.423 e. The Morgan fingerprint density at radius 1 is 0.385 bits per heavy atom. The second-order valence-electron chi connectivity index (χ2n) is 15.1. The monoisotopic (exact) mass is 700 g/mol. The Balaban J connectivity index is 1.76. The zero-order chi connectivity index (χ0) is 38.0. The minimum atomic E-state index is -1.10. The first-order valence-electron chi connectivity index (χ1n) is 18.4. The zero-order valence-electron chi connectivity index (χ0n) is 33.6. The number of hydrogen-bond donors (Lipinski definition) is 0. The maximum absolute atomic E-state index is 7.11.